The highest BCUT2D eigenvalue weighted by molar-refractivity contribution is 5.44. The molecule has 1 saturated heterocycles. The van der Waals surface area contributed by atoms with Gasteiger partial charge in [0.2, 0.25) is 6.79 Å². The van der Waals surface area contributed by atoms with Gasteiger partial charge in [0.25, 0.3) is 0 Å². The fraction of sp³-hybridized carbons (Fsp3) is 0.333. The average Bonchev–Trinajstić information content (AvgIpc) is 3.44. The van der Waals surface area contributed by atoms with E-state index in [4.69, 9.17) is 27.9 Å². The van der Waals surface area contributed by atoms with E-state index >= 15 is 0 Å². The van der Waals surface area contributed by atoms with Gasteiger partial charge in [0, 0.05) is 13.1 Å². The fourth-order valence-corrected chi connectivity index (χ4v) is 3.97. The van der Waals surface area contributed by atoms with Crippen LogP contribution in [0.2, 0.25) is 0 Å². The summed E-state index contributed by atoms with van der Waals surface area (Å²) in [5.41, 5.74) is 0.562. The fourth-order valence-electron chi connectivity index (χ4n) is 3.97. The molecule has 4 heteroatoms. The molecule has 3 aromatic rings. The molecule has 5 rings (SSSR count). The normalized spacial score (nSPS) is 22.9. The van der Waals surface area contributed by atoms with Crippen molar-refractivity contribution >= 4 is 0 Å². The van der Waals surface area contributed by atoms with Crippen molar-refractivity contribution in [3.8, 4) is 11.5 Å². The van der Waals surface area contributed by atoms with E-state index in [0.717, 1.165) is 24.9 Å². The van der Waals surface area contributed by atoms with Crippen LogP contribution < -0.4 is 9.47 Å². The number of hydrogen-bond acceptors (Lipinski definition) is 4. The molecule has 0 spiro atoms. The monoisotopic (exact) mass is 425 g/mol. The molecular formula is C27H29NO3. The minimum Gasteiger partial charge on any atom is -0.454 e. The number of piperidine rings is 1. The second-order valence-corrected chi connectivity index (χ2v) is 7.60. The Morgan fingerprint density at radius 2 is 1.68 bits per heavy atom. The Morgan fingerprint density at radius 3 is 2.42 bits per heavy atom. The number of nitrogens with zero attached hydrogens (tertiary/aromatic N) is 1. The van der Waals surface area contributed by atoms with Crippen molar-refractivity contribution in [2.75, 3.05) is 26.4 Å². The van der Waals surface area contributed by atoms with Crippen molar-refractivity contribution < 1.29 is 27.9 Å². The van der Waals surface area contributed by atoms with E-state index in [-0.39, 0.29) is 17.9 Å². The van der Waals surface area contributed by atoms with Crippen LogP contribution in [0.25, 0.3) is 0 Å². The number of rotatable bonds is 7. The van der Waals surface area contributed by atoms with Gasteiger partial charge in [-0.05, 0) is 54.6 Å². The highest BCUT2D eigenvalue weighted by atomic mass is 16.7. The van der Waals surface area contributed by atoms with Crippen LogP contribution in [-0.4, -0.2) is 37.4 Å². The molecule has 0 saturated carbocycles. The Balaban J connectivity index is 1.46. The Kier molecular flexibility index (Phi) is 3.60. The summed E-state index contributed by atoms with van der Waals surface area (Å²) in [6.45, 7) is 2.16. The van der Waals surface area contributed by atoms with Crippen molar-refractivity contribution in [2.24, 2.45) is 0 Å². The standard InChI is InChI=1S/C27H29NO3/c1-3-8-22(9-4-1)27(23-10-5-2-6-11-23)31-24-12-7-16-28(19-24)17-15-21-13-14-25-26(18-21)30-20-29-25/h1-6,8-11,13-14,18,24,27H,7,12,15-17,19-20H2/t24-/m1/s1/i1D,2D,3D,4D,5D,6D,8D,9D,10D,11D. The summed E-state index contributed by atoms with van der Waals surface area (Å²) in [4.78, 5) is 2.19. The number of ether oxygens (including phenoxy) is 3. The molecule has 2 aliphatic rings. The zero-order valence-electron chi connectivity index (χ0n) is 27.0. The Labute approximate surface area is 198 Å². The third kappa shape index (κ3) is 4.92. The molecule has 3 aromatic carbocycles. The van der Waals surface area contributed by atoms with Crippen molar-refractivity contribution in [1.29, 1.82) is 0 Å². The lowest BCUT2D eigenvalue weighted by atomic mass is 10.00. The summed E-state index contributed by atoms with van der Waals surface area (Å²) in [5.74, 6) is 1.42. The van der Waals surface area contributed by atoms with Gasteiger partial charge in [0.05, 0.1) is 19.8 Å². The van der Waals surface area contributed by atoms with Crippen molar-refractivity contribution in [3.63, 3.8) is 0 Å². The lowest BCUT2D eigenvalue weighted by Crippen LogP contribution is -2.41. The third-order valence-corrected chi connectivity index (χ3v) is 5.51. The van der Waals surface area contributed by atoms with Crippen molar-refractivity contribution in [3.05, 3.63) is 95.3 Å². The lowest BCUT2D eigenvalue weighted by molar-refractivity contribution is -0.0330. The SMILES string of the molecule is [2H]c1c([2H])c([2H])c(C(O[C@@H]2CCCN(CCc3ccc4c(c3)OCO4)C2)c2c([2H])c([2H])c([2H])c([2H])c2[2H])c([2H])c1[2H]. The van der Waals surface area contributed by atoms with E-state index in [9.17, 15) is 0 Å². The molecule has 0 unspecified atom stereocenters. The zero-order chi connectivity index (χ0) is 29.6. The van der Waals surface area contributed by atoms with Gasteiger partial charge in [-0.1, -0.05) is 66.5 Å². The molecular weight excluding hydrogens is 386 g/mol. The quantitative estimate of drug-likeness (QED) is 0.519. The molecule has 4 nitrogen and oxygen atoms in total. The van der Waals surface area contributed by atoms with Crippen LogP contribution in [0.1, 0.15) is 49.3 Å². The van der Waals surface area contributed by atoms with Gasteiger partial charge < -0.3 is 19.1 Å². The molecule has 0 bridgehead atoms. The van der Waals surface area contributed by atoms with Crippen LogP contribution >= 0.6 is 0 Å². The lowest BCUT2D eigenvalue weighted by Gasteiger charge is -2.35. The molecule has 0 amide bonds. The van der Waals surface area contributed by atoms with Crippen LogP contribution in [0.4, 0.5) is 0 Å². The number of likely N-dealkylation sites (tertiary alicyclic amines) is 1. The van der Waals surface area contributed by atoms with Crippen molar-refractivity contribution in [2.45, 2.75) is 31.5 Å². The predicted molar refractivity (Wildman–Crippen MR) is 122 cm³/mol. The van der Waals surface area contributed by atoms with Gasteiger partial charge in [-0.2, -0.15) is 0 Å². The van der Waals surface area contributed by atoms with E-state index in [2.05, 4.69) is 4.90 Å². The van der Waals surface area contributed by atoms with Crippen molar-refractivity contribution in [1.82, 2.24) is 4.90 Å². The minimum atomic E-state index is -1.48. The minimum absolute atomic E-state index is 0.202. The maximum absolute atomic E-state index is 8.54. The maximum atomic E-state index is 8.54. The smallest absolute Gasteiger partial charge is 0.231 e. The molecule has 160 valence electrons. The number of benzene rings is 3. The van der Waals surface area contributed by atoms with Crippen LogP contribution in [0, 0.1) is 0 Å². The molecule has 0 N–H and O–H groups in total. The summed E-state index contributed by atoms with van der Waals surface area (Å²) >= 11 is 0. The molecule has 0 aromatic heterocycles. The summed E-state index contributed by atoms with van der Waals surface area (Å²) in [7, 11) is 0. The van der Waals surface area contributed by atoms with Gasteiger partial charge in [-0.25, -0.2) is 0 Å². The Morgan fingerprint density at radius 1 is 0.968 bits per heavy atom. The first kappa shape index (κ1) is 11.7. The summed E-state index contributed by atoms with van der Waals surface area (Å²) in [6, 6.07) is 0.138. The molecule has 2 aliphatic heterocycles. The van der Waals surface area contributed by atoms with E-state index in [0.29, 0.717) is 31.0 Å². The highest BCUT2D eigenvalue weighted by Crippen LogP contribution is 2.33. The summed E-state index contributed by atoms with van der Waals surface area (Å²) in [5, 5.41) is 0. The predicted octanol–water partition coefficient (Wildman–Crippen LogP) is 5.23. The van der Waals surface area contributed by atoms with Gasteiger partial charge in [0.15, 0.2) is 11.5 Å². The van der Waals surface area contributed by atoms with Crippen LogP contribution in [0.3, 0.4) is 0 Å². The number of fused-ring (bicyclic) bond motifs is 1. The average molecular weight is 426 g/mol. The first-order valence-electron chi connectivity index (χ1n) is 15.4. The van der Waals surface area contributed by atoms with Gasteiger partial charge in [-0.3, -0.25) is 0 Å². The molecule has 0 radical (unpaired) electrons. The van der Waals surface area contributed by atoms with E-state index in [1.165, 1.54) is 0 Å². The summed E-state index contributed by atoms with van der Waals surface area (Å²) in [6.07, 6.45) is 0.130. The van der Waals surface area contributed by atoms with Crippen LogP contribution in [0.5, 0.6) is 11.5 Å². The molecule has 0 aliphatic carbocycles. The maximum Gasteiger partial charge on any atom is 0.231 e. The van der Waals surface area contributed by atoms with E-state index in [1.54, 1.807) is 0 Å². The summed E-state index contributed by atoms with van der Waals surface area (Å²) < 4.78 is 100. The van der Waals surface area contributed by atoms with Crippen LogP contribution in [0.15, 0.2) is 78.6 Å². The number of hydrogen-bond donors (Lipinski definition) is 0. The first-order valence-corrected chi connectivity index (χ1v) is 10.4. The molecule has 2 heterocycles. The largest absolute Gasteiger partial charge is 0.454 e. The Hall–Kier alpha value is -2.82. The highest BCUT2D eigenvalue weighted by Gasteiger charge is 2.25. The third-order valence-electron chi connectivity index (χ3n) is 5.51. The van der Waals surface area contributed by atoms with Crippen LogP contribution in [-0.2, 0) is 11.2 Å². The second kappa shape index (κ2) is 9.54. The first-order chi connectivity index (χ1) is 19.5. The second-order valence-electron chi connectivity index (χ2n) is 7.60. The van der Waals surface area contributed by atoms with E-state index in [1.807, 2.05) is 18.2 Å². The Bertz CT molecular complexity index is 1370. The van der Waals surface area contributed by atoms with E-state index < -0.39 is 72.6 Å². The molecule has 31 heavy (non-hydrogen) atoms. The molecule has 1 atom stereocenters. The van der Waals surface area contributed by atoms with Gasteiger partial charge in [-0.15, -0.1) is 0 Å². The molecule has 1 fully saturated rings. The zero-order valence-corrected chi connectivity index (χ0v) is 17.0. The van der Waals surface area contributed by atoms with Gasteiger partial charge in [0.1, 0.15) is 6.10 Å². The topological polar surface area (TPSA) is 30.9 Å². The van der Waals surface area contributed by atoms with Gasteiger partial charge >= 0.3 is 0 Å².